The summed E-state index contributed by atoms with van der Waals surface area (Å²) in [6, 6.07) is 5.27. The van der Waals surface area contributed by atoms with Crippen LogP contribution in [0.2, 0.25) is 0 Å². The van der Waals surface area contributed by atoms with Crippen molar-refractivity contribution in [3.63, 3.8) is 0 Å². The second-order valence-electron chi connectivity index (χ2n) is 4.95. The van der Waals surface area contributed by atoms with E-state index in [-0.39, 0.29) is 6.42 Å². The molecule has 0 amide bonds. The van der Waals surface area contributed by atoms with Gasteiger partial charge in [-0.25, -0.2) is 0 Å². The monoisotopic (exact) mass is 265 g/mol. The number of benzene rings is 1. The molecule has 2 atom stereocenters. The van der Waals surface area contributed by atoms with Crippen molar-refractivity contribution in [2.45, 2.75) is 45.8 Å². The van der Waals surface area contributed by atoms with Gasteiger partial charge < -0.3 is 15.5 Å². The number of hydrogen-bond donors (Lipinski definition) is 3. The predicted octanol–water partition coefficient (Wildman–Crippen LogP) is 2.18. The van der Waals surface area contributed by atoms with Crippen molar-refractivity contribution in [2.75, 3.05) is 6.54 Å². The smallest absolute Gasteiger partial charge is 0.305 e. The minimum absolute atomic E-state index is 0.0892. The number of carboxylic acid groups (broad SMARTS) is 1. The summed E-state index contributed by atoms with van der Waals surface area (Å²) in [5.74, 6) is -0.906. The predicted molar refractivity (Wildman–Crippen MR) is 75.2 cm³/mol. The summed E-state index contributed by atoms with van der Waals surface area (Å²) >= 11 is 0. The maximum Gasteiger partial charge on any atom is 0.305 e. The molecule has 2 unspecified atom stereocenters. The third-order valence-electron chi connectivity index (χ3n) is 3.30. The number of nitrogens with one attached hydrogen (secondary N) is 1. The number of rotatable bonds is 7. The van der Waals surface area contributed by atoms with Crippen LogP contribution < -0.4 is 5.32 Å². The lowest BCUT2D eigenvalue weighted by Crippen LogP contribution is -2.37. The minimum atomic E-state index is -0.906. The highest BCUT2D eigenvalue weighted by molar-refractivity contribution is 5.67. The van der Waals surface area contributed by atoms with Crippen LogP contribution in [0.25, 0.3) is 0 Å². The first-order chi connectivity index (χ1) is 8.95. The molecule has 0 bridgehead atoms. The van der Waals surface area contributed by atoms with E-state index >= 15 is 0 Å². The SMILES string of the molecule is CCCNC(CC(=O)O)C(O)c1ccc(C)c(C)c1. The van der Waals surface area contributed by atoms with Crippen molar-refractivity contribution in [1.82, 2.24) is 5.32 Å². The fourth-order valence-electron chi connectivity index (χ4n) is 1.99. The summed E-state index contributed by atoms with van der Waals surface area (Å²) < 4.78 is 0. The van der Waals surface area contributed by atoms with Crippen LogP contribution in [0.3, 0.4) is 0 Å². The zero-order valence-corrected chi connectivity index (χ0v) is 11.8. The Morgan fingerprint density at radius 2 is 2.00 bits per heavy atom. The van der Waals surface area contributed by atoms with E-state index in [0.717, 1.165) is 23.1 Å². The van der Waals surface area contributed by atoms with Gasteiger partial charge in [0.15, 0.2) is 0 Å². The molecule has 0 aromatic heterocycles. The van der Waals surface area contributed by atoms with Gasteiger partial charge in [-0.1, -0.05) is 25.1 Å². The number of aliphatic hydroxyl groups is 1. The van der Waals surface area contributed by atoms with Crippen molar-refractivity contribution in [3.8, 4) is 0 Å². The Balaban J connectivity index is 2.86. The zero-order valence-electron chi connectivity index (χ0n) is 11.8. The molecule has 1 rings (SSSR count). The van der Waals surface area contributed by atoms with Crippen molar-refractivity contribution < 1.29 is 15.0 Å². The van der Waals surface area contributed by atoms with E-state index in [4.69, 9.17) is 5.11 Å². The molecular formula is C15H23NO3. The summed E-state index contributed by atoms with van der Waals surface area (Å²) in [6.07, 6.45) is 0.00563. The van der Waals surface area contributed by atoms with E-state index in [1.807, 2.05) is 39.0 Å². The molecule has 1 aromatic rings. The van der Waals surface area contributed by atoms with Crippen molar-refractivity contribution in [2.24, 2.45) is 0 Å². The molecule has 0 spiro atoms. The first kappa shape index (κ1) is 15.7. The third kappa shape index (κ3) is 4.65. The molecular weight excluding hydrogens is 242 g/mol. The highest BCUT2D eigenvalue weighted by atomic mass is 16.4. The highest BCUT2D eigenvalue weighted by Gasteiger charge is 2.23. The summed E-state index contributed by atoms with van der Waals surface area (Å²) in [5.41, 5.74) is 3.02. The Labute approximate surface area is 114 Å². The lowest BCUT2D eigenvalue weighted by atomic mass is 9.96. The molecule has 4 nitrogen and oxygen atoms in total. The van der Waals surface area contributed by atoms with Crippen LogP contribution in [0, 0.1) is 13.8 Å². The molecule has 0 aliphatic rings. The van der Waals surface area contributed by atoms with Crippen molar-refractivity contribution >= 4 is 5.97 Å². The van der Waals surface area contributed by atoms with E-state index in [0.29, 0.717) is 6.54 Å². The van der Waals surface area contributed by atoms with Crippen molar-refractivity contribution in [3.05, 3.63) is 34.9 Å². The van der Waals surface area contributed by atoms with Gasteiger partial charge in [-0.05, 0) is 43.5 Å². The maximum absolute atomic E-state index is 10.9. The summed E-state index contributed by atoms with van der Waals surface area (Å²) in [7, 11) is 0. The molecule has 0 aliphatic carbocycles. The molecule has 1 aromatic carbocycles. The minimum Gasteiger partial charge on any atom is -0.481 e. The van der Waals surface area contributed by atoms with Crippen LogP contribution in [0.1, 0.15) is 42.6 Å². The van der Waals surface area contributed by atoms with E-state index in [2.05, 4.69) is 5.32 Å². The summed E-state index contributed by atoms with van der Waals surface area (Å²) in [6.45, 7) is 6.69. The Hall–Kier alpha value is -1.39. The fourth-order valence-corrected chi connectivity index (χ4v) is 1.99. The van der Waals surface area contributed by atoms with Crippen LogP contribution in [-0.2, 0) is 4.79 Å². The standard InChI is InChI=1S/C15H23NO3/c1-4-7-16-13(9-14(17)18)15(19)12-6-5-10(2)11(3)8-12/h5-6,8,13,15-16,19H,4,7,9H2,1-3H3,(H,17,18). The van der Waals surface area contributed by atoms with Crippen LogP contribution in [0.4, 0.5) is 0 Å². The first-order valence-electron chi connectivity index (χ1n) is 6.66. The Morgan fingerprint density at radius 1 is 1.32 bits per heavy atom. The topological polar surface area (TPSA) is 69.6 Å². The van der Waals surface area contributed by atoms with Gasteiger partial charge >= 0.3 is 5.97 Å². The maximum atomic E-state index is 10.9. The highest BCUT2D eigenvalue weighted by Crippen LogP contribution is 2.21. The summed E-state index contributed by atoms with van der Waals surface area (Å²) in [5, 5.41) is 22.4. The molecule has 0 aliphatic heterocycles. The number of hydrogen-bond acceptors (Lipinski definition) is 3. The molecule has 0 heterocycles. The molecule has 0 fully saturated rings. The fraction of sp³-hybridized carbons (Fsp3) is 0.533. The second kappa shape index (κ2) is 7.26. The third-order valence-corrected chi connectivity index (χ3v) is 3.30. The van der Waals surface area contributed by atoms with Gasteiger partial charge in [0.05, 0.1) is 12.5 Å². The summed E-state index contributed by atoms with van der Waals surface area (Å²) in [4.78, 5) is 10.9. The van der Waals surface area contributed by atoms with Gasteiger partial charge in [0, 0.05) is 6.04 Å². The lowest BCUT2D eigenvalue weighted by Gasteiger charge is -2.23. The molecule has 0 saturated heterocycles. The second-order valence-corrected chi connectivity index (χ2v) is 4.95. The van der Waals surface area contributed by atoms with Gasteiger partial charge in [-0.15, -0.1) is 0 Å². The lowest BCUT2D eigenvalue weighted by molar-refractivity contribution is -0.138. The average Bonchev–Trinajstić information content (AvgIpc) is 2.36. The van der Waals surface area contributed by atoms with Crippen molar-refractivity contribution in [1.29, 1.82) is 0 Å². The quantitative estimate of drug-likeness (QED) is 0.706. The largest absolute Gasteiger partial charge is 0.481 e. The number of aliphatic hydroxyl groups excluding tert-OH is 1. The molecule has 0 saturated carbocycles. The normalized spacial score (nSPS) is 14.1. The molecule has 4 heteroatoms. The van der Waals surface area contributed by atoms with Gasteiger partial charge in [0.2, 0.25) is 0 Å². The number of aryl methyl sites for hydroxylation is 2. The molecule has 0 radical (unpaired) electrons. The van der Waals surface area contributed by atoms with Gasteiger partial charge in [0.1, 0.15) is 0 Å². The van der Waals surface area contributed by atoms with Crippen LogP contribution >= 0.6 is 0 Å². The number of carbonyl (C=O) groups is 1. The van der Waals surface area contributed by atoms with E-state index < -0.39 is 18.1 Å². The average molecular weight is 265 g/mol. The first-order valence-corrected chi connectivity index (χ1v) is 6.66. The van der Waals surface area contributed by atoms with E-state index in [1.165, 1.54) is 0 Å². The molecule has 3 N–H and O–H groups in total. The van der Waals surface area contributed by atoms with E-state index in [1.54, 1.807) is 0 Å². The van der Waals surface area contributed by atoms with E-state index in [9.17, 15) is 9.90 Å². The molecule has 106 valence electrons. The number of carboxylic acids is 1. The number of aliphatic carboxylic acids is 1. The van der Waals surface area contributed by atoms with Gasteiger partial charge in [0.25, 0.3) is 0 Å². The van der Waals surface area contributed by atoms with Crippen LogP contribution in [0.5, 0.6) is 0 Å². The zero-order chi connectivity index (χ0) is 14.4. The Kier molecular flexibility index (Phi) is 5.99. The Morgan fingerprint density at radius 3 is 2.53 bits per heavy atom. The molecule has 19 heavy (non-hydrogen) atoms. The van der Waals surface area contributed by atoms with Gasteiger partial charge in [-0.2, -0.15) is 0 Å². The van der Waals surface area contributed by atoms with Gasteiger partial charge in [-0.3, -0.25) is 4.79 Å². The van der Waals surface area contributed by atoms with Crippen LogP contribution in [0.15, 0.2) is 18.2 Å². The van der Waals surface area contributed by atoms with Crippen LogP contribution in [-0.4, -0.2) is 28.8 Å². The Bertz CT molecular complexity index is 431.